The predicted molar refractivity (Wildman–Crippen MR) is 58.8 cm³/mol. The molecule has 0 radical (unpaired) electrons. The van der Waals surface area contributed by atoms with Gasteiger partial charge in [-0.25, -0.2) is 9.48 Å². The Morgan fingerprint density at radius 2 is 2.06 bits per heavy atom. The van der Waals surface area contributed by atoms with Crippen molar-refractivity contribution in [1.82, 2.24) is 9.78 Å². The van der Waals surface area contributed by atoms with E-state index in [9.17, 15) is 20.0 Å². The average molecular weight is 249 g/mol. The molecule has 0 spiro atoms. The molecule has 0 bridgehead atoms. The van der Waals surface area contributed by atoms with Gasteiger partial charge in [-0.2, -0.15) is 5.10 Å². The van der Waals surface area contributed by atoms with Crippen LogP contribution in [0.4, 0.5) is 5.69 Å². The van der Waals surface area contributed by atoms with Gasteiger partial charge in [-0.3, -0.25) is 10.1 Å². The first-order valence-electron chi connectivity index (χ1n) is 4.76. The summed E-state index contributed by atoms with van der Waals surface area (Å²) in [5.41, 5.74) is -0.726. The summed E-state index contributed by atoms with van der Waals surface area (Å²) in [6, 6.07) is 5.68. The Balaban J connectivity index is 2.59. The van der Waals surface area contributed by atoms with E-state index in [1.165, 1.54) is 18.2 Å². The smallest absolute Gasteiger partial charge is 0.360 e. The number of rotatable bonds is 3. The highest BCUT2D eigenvalue weighted by Gasteiger charge is 2.20. The summed E-state index contributed by atoms with van der Waals surface area (Å²) in [6.07, 6.45) is 1.01. The summed E-state index contributed by atoms with van der Waals surface area (Å²) >= 11 is 0. The van der Waals surface area contributed by atoms with Crippen LogP contribution in [0.1, 0.15) is 10.5 Å². The quantitative estimate of drug-likeness (QED) is 0.622. The minimum absolute atomic E-state index is 0.0744. The largest absolute Gasteiger partial charge is 0.504 e. The molecule has 2 aromatic rings. The molecule has 0 saturated heterocycles. The summed E-state index contributed by atoms with van der Waals surface area (Å²) in [6.45, 7) is 0. The third-order valence-electron chi connectivity index (χ3n) is 2.22. The van der Waals surface area contributed by atoms with Gasteiger partial charge in [0, 0.05) is 6.07 Å². The van der Waals surface area contributed by atoms with Gasteiger partial charge in [-0.15, -0.1) is 0 Å². The van der Waals surface area contributed by atoms with Crippen LogP contribution in [0.15, 0.2) is 30.5 Å². The molecule has 0 saturated carbocycles. The number of carboxylic acids is 1. The number of hydrogen-bond donors (Lipinski definition) is 2. The van der Waals surface area contributed by atoms with E-state index in [2.05, 4.69) is 5.10 Å². The maximum absolute atomic E-state index is 10.8. The summed E-state index contributed by atoms with van der Waals surface area (Å²) in [4.78, 5) is 20.9. The van der Waals surface area contributed by atoms with E-state index in [1.54, 1.807) is 6.07 Å². The van der Waals surface area contributed by atoms with Crippen LogP contribution in [-0.2, 0) is 0 Å². The highest BCUT2D eigenvalue weighted by molar-refractivity contribution is 5.88. The topological polar surface area (TPSA) is 118 Å². The lowest BCUT2D eigenvalue weighted by Crippen LogP contribution is -2.03. The molecule has 8 nitrogen and oxygen atoms in total. The zero-order valence-corrected chi connectivity index (χ0v) is 8.85. The van der Waals surface area contributed by atoms with E-state index in [0.717, 1.165) is 10.9 Å². The molecule has 0 aliphatic rings. The highest BCUT2D eigenvalue weighted by atomic mass is 16.6. The molecule has 1 heterocycles. The highest BCUT2D eigenvalue weighted by Crippen LogP contribution is 2.24. The lowest BCUT2D eigenvalue weighted by atomic mass is 10.3. The molecule has 18 heavy (non-hydrogen) atoms. The van der Waals surface area contributed by atoms with Crippen molar-refractivity contribution in [2.75, 3.05) is 0 Å². The molecule has 0 aliphatic carbocycles. The Kier molecular flexibility index (Phi) is 2.68. The molecule has 0 atom stereocenters. The van der Waals surface area contributed by atoms with Crippen LogP contribution in [-0.4, -0.2) is 30.9 Å². The van der Waals surface area contributed by atoms with Crippen molar-refractivity contribution in [3.8, 4) is 11.4 Å². The number of nitro benzene ring substituents is 1. The zero-order valence-electron chi connectivity index (χ0n) is 8.85. The first-order valence-corrected chi connectivity index (χ1v) is 4.76. The summed E-state index contributed by atoms with van der Waals surface area (Å²) in [5, 5.41) is 32.5. The second kappa shape index (κ2) is 4.17. The van der Waals surface area contributed by atoms with Crippen molar-refractivity contribution in [3.63, 3.8) is 0 Å². The van der Waals surface area contributed by atoms with Gasteiger partial charge < -0.3 is 10.2 Å². The Morgan fingerprint density at radius 3 is 2.61 bits per heavy atom. The van der Waals surface area contributed by atoms with Crippen LogP contribution in [0.3, 0.4) is 0 Å². The first-order chi connectivity index (χ1) is 8.50. The van der Waals surface area contributed by atoms with Gasteiger partial charge in [0.1, 0.15) is 5.69 Å². The Labute approximate surface area is 99.9 Å². The maximum Gasteiger partial charge on any atom is 0.360 e. The predicted octanol–water partition coefficient (Wildman–Crippen LogP) is 1.18. The number of carbonyl (C=O) groups is 1. The maximum atomic E-state index is 10.8. The molecule has 2 rings (SSSR count). The summed E-state index contributed by atoms with van der Waals surface area (Å²) < 4.78 is 0.955. The number of para-hydroxylation sites is 2. The number of nitrogens with zero attached hydrogens (tertiary/aromatic N) is 3. The molecule has 1 aromatic heterocycles. The van der Waals surface area contributed by atoms with E-state index in [4.69, 9.17) is 5.11 Å². The average Bonchev–Trinajstić information content (AvgIpc) is 2.71. The second-order valence-corrected chi connectivity index (χ2v) is 3.36. The normalized spacial score (nSPS) is 10.2. The first kappa shape index (κ1) is 11.6. The number of carboxylic acid groups (broad SMARTS) is 1. The van der Waals surface area contributed by atoms with E-state index in [-0.39, 0.29) is 11.4 Å². The lowest BCUT2D eigenvalue weighted by molar-refractivity contribution is -0.384. The molecule has 1 aromatic carbocycles. The zero-order chi connectivity index (χ0) is 13.3. The molecule has 8 heteroatoms. The van der Waals surface area contributed by atoms with Crippen molar-refractivity contribution in [2.45, 2.75) is 0 Å². The monoisotopic (exact) mass is 249 g/mol. The molecular formula is C10H7N3O5. The van der Waals surface area contributed by atoms with E-state index in [0.29, 0.717) is 0 Å². The third-order valence-corrected chi connectivity index (χ3v) is 2.22. The van der Waals surface area contributed by atoms with Crippen molar-refractivity contribution in [1.29, 1.82) is 0 Å². The fourth-order valence-corrected chi connectivity index (χ4v) is 1.45. The fraction of sp³-hybridized carbons (Fsp3) is 0. The SMILES string of the molecule is O=C(O)c1nn(-c2ccccc2[N+](=O)[O-])cc1O. The van der Waals surface area contributed by atoms with Crippen molar-refractivity contribution in [3.05, 3.63) is 46.3 Å². The van der Waals surface area contributed by atoms with Crippen molar-refractivity contribution in [2.24, 2.45) is 0 Å². The Morgan fingerprint density at radius 1 is 1.39 bits per heavy atom. The van der Waals surface area contributed by atoms with Crippen LogP contribution in [0.25, 0.3) is 5.69 Å². The number of aromatic nitrogens is 2. The van der Waals surface area contributed by atoms with Crippen LogP contribution >= 0.6 is 0 Å². The lowest BCUT2D eigenvalue weighted by Gasteiger charge is -2.01. The van der Waals surface area contributed by atoms with Crippen molar-refractivity contribution < 1.29 is 19.9 Å². The molecule has 92 valence electrons. The number of aromatic carboxylic acids is 1. The van der Waals surface area contributed by atoms with Gasteiger partial charge >= 0.3 is 5.97 Å². The molecule has 0 aliphatic heterocycles. The third kappa shape index (κ3) is 1.86. The molecule has 0 unspecified atom stereocenters. The minimum atomic E-state index is -1.41. The summed E-state index contributed by atoms with van der Waals surface area (Å²) in [5.74, 6) is -1.97. The number of benzene rings is 1. The van der Waals surface area contributed by atoms with Crippen LogP contribution in [0.2, 0.25) is 0 Å². The summed E-state index contributed by atoms with van der Waals surface area (Å²) in [7, 11) is 0. The van der Waals surface area contributed by atoms with Gasteiger partial charge in [0.15, 0.2) is 5.75 Å². The number of nitro groups is 1. The van der Waals surface area contributed by atoms with Crippen LogP contribution < -0.4 is 0 Å². The minimum Gasteiger partial charge on any atom is -0.504 e. The van der Waals surface area contributed by atoms with Gasteiger partial charge in [0.05, 0.1) is 11.1 Å². The fourth-order valence-electron chi connectivity index (χ4n) is 1.45. The Hall–Kier alpha value is -2.90. The number of hydrogen-bond acceptors (Lipinski definition) is 5. The van der Waals surface area contributed by atoms with E-state index in [1.807, 2.05) is 0 Å². The Bertz CT molecular complexity index is 634. The van der Waals surface area contributed by atoms with E-state index >= 15 is 0 Å². The standard InChI is InChI=1S/C10H7N3O5/c14-8-5-12(11-9(8)10(15)16)6-3-1-2-4-7(6)13(17)18/h1-5,14H,(H,15,16). The van der Waals surface area contributed by atoms with Crippen molar-refractivity contribution >= 4 is 11.7 Å². The van der Waals surface area contributed by atoms with Crippen LogP contribution in [0, 0.1) is 10.1 Å². The molecular weight excluding hydrogens is 242 g/mol. The molecule has 0 fully saturated rings. The van der Waals surface area contributed by atoms with Crippen LogP contribution in [0.5, 0.6) is 5.75 Å². The van der Waals surface area contributed by atoms with Gasteiger partial charge in [-0.05, 0) is 6.07 Å². The van der Waals surface area contributed by atoms with Gasteiger partial charge in [0.25, 0.3) is 5.69 Å². The second-order valence-electron chi connectivity index (χ2n) is 3.36. The van der Waals surface area contributed by atoms with Gasteiger partial charge in [0.2, 0.25) is 5.69 Å². The molecule has 2 N–H and O–H groups in total. The molecule has 0 amide bonds. The number of aromatic hydroxyl groups is 1. The van der Waals surface area contributed by atoms with E-state index < -0.39 is 22.3 Å². The van der Waals surface area contributed by atoms with Gasteiger partial charge in [-0.1, -0.05) is 12.1 Å².